The van der Waals surface area contributed by atoms with Crippen molar-refractivity contribution in [2.45, 2.75) is 14.9 Å². The number of benzene rings is 2. The van der Waals surface area contributed by atoms with E-state index in [0.717, 1.165) is 4.57 Å². The van der Waals surface area contributed by atoms with Crippen molar-refractivity contribution < 1.29 is 13.2 Å². The third kappa shape index (κ3) is 4.02. The maximum atomic E-state index is 12.9. The Morgan fingerprint density at radius 2 is 1.61 bits per heavy atom. The molecule has 12 heteroatoms. The first-order valence-corrected chi connectivity index (χ1v) is 12.0. The predicted octanol–water partition coefficient (Wildman–Crippen LogP) is 1.93. The lowest BCUT2D eigenvalue weighted by Gasteiger charge is -2.12. The lowest BCUT2D eigenvalue weighted by Crippen LogP contribution is -2.37. The number of hydrogen-bond donors (Lipinski definition) is 1. The van der Waals surface area contributed by atoms with E-state index >= 15 is 0 Å². The smallest absolute Gasteiger partial charge is 0.332 e. The molecule has 0 fully saturated rings. The van der Waals surface area contributed by atoms with Gasteiger partial charge in [-0.2, -0.15) is 0 Å². The summed E-state index contributed by atoms with van der Waals surface area (Å²) in [6.07, 6.45) is 0. The summed E-state index contributed by atoms with van der Waals surface area (Å²) in [6.45, 7) is 0. The van der Waals surface area contributed by atoms with Crippen LogP contribution in [0.2, 0.25) is 0 Å². The maximum absolute atomic E-state index is 12.9. The number of rotatable bonds is 6. The lowest BCUT2D eigenvalue weighted by atomic mass is 10.3. The van der Waals surface area contributed by atoms with Gasteiger partial charge in [0.05, 0.1) is 17.7 Å². The molecule has 0 radical (unpaired) electrons. The standard InChI is InChI=1S/C21H21N5O5S2/c1-24-17-18(25(2)21(28)26(3)19(17)27)22-20(24)32-16-8-6-5-7-15(16)23-33(29,30)14-11-9-13(31-4)10-12-14/h5-12,23H,1-4H3. The average Bonchev–Trinajstić information content (AvgIpc) is 3.13. The molecule has 172 valence electrons. The molecule has 10 nitrogen and oxygen atoms in total. The minimum Gasteiger partial charge on any atom is -0.497 e. The number of sulfonamides is 1. The molecule has 33 heavy (non-hydrogen) atoms. The molecule has 4 aromatic rings. The lowest BCUT2D eigenvalue weighted by molar-refractivity contribution is 0.414. The Kier molecular flexibility index (Phi) is 5.80. The van der Waals surface area contributed by atoms with Gasteiger partial charge in [-0.05, 0) is 48.2 Å². The molecule has 0 aliphatic rings. The highest BCUT2D eigenvalue weighted by molar-refractivity contribution is 7.99. The Balaban J connectivity index is 1.73. The summed E-state index contributed by atoms with van der Waals surface area (Å²) < 4.78 is 37.4. The molecule has 0 spiro atoms. The zero-order valence-corrected chi connectivity index (χ0v) is 19.9. The zero-order valence-electron chi connectivity index (χ0n) is 18.3. The second kappa shape index (κ2) is 8.45. The van der Waals surface area contributed by atoms with Crippen molar-refractivity contribution in [1.29, 1.82) is 0 Å². The highest BCUT2D eigenvalue weighted by atomic mass is 32.2. The van der Waals surface area contributed by atoms with E-state index < -0.39 is 21.3 Å². The molecule has 1 N–H and O–H groups in total. The van der Waals surface area contributed by atoms with Crippen LogP contribution in [0.4, 0.5) is 5.69 Å². The first-order chi connectivity index (χ1) is 15.6. The molecule has 0 unspecified atom stereocenters. The van der Waals surface area contributed by atoms with Gasteiger partial charge >= 0.3 is 5.69 Å². The van der Waals surface area contributed by atoms with Crippen molar-refractivity contribution in [2.24, 2.45) is 21.1 Å². The first-order valence-electron chi connectivity index (χ1n) is 9.70. The molecule has 0 amide bonds. The van der Waals surface area contributed by atoms with Crippen LogP contribution in [0.1, 0.15) is 0 Å². The normalized spacial score (nSPS) is 11.6. The number of hydrogen-bond acceptors (Lipinski definition) is 7. The Bertz CT molecular complexity index is 1580. The fraction of sp³-hybridized carbons (Fsp3) is 0.190. The molecule has 0 saturated carbocycles. The van der Waals surface area contributed by atoms with Crippen LogP contribution in [-0.4, -0.2) is 34.2 Å². The number of fused-ring (bicyclic) bond motifs is 1. The number of methoxy groups -OCH3 is 1. The number of ether oxygens (including phenoxy) is 1. The SMILES string of the molecule is COc1ccc(S(=O)(=O)Nc2ccccc2Sc2nc3c(c(=O)n(C)c(=O)n3C)n2C)cc1. The van der Waals surface area contributed by atoms with Gasteiger partial charge < -0.3 is 9.30 Å². The third-order valence-corrected chi connectivity index (χ3v) is 7.64. The molecule has 0 bridgehead atoms. The van der Waals surface area contributed by atoms with E-state index in [-0.39, 0.29) is 16.1 Å². The monoisotopic (exact) mass is 487 g/mol. The van der Waals surface area contributed by atoms with Crippen LogP contribution in [0.3, 0.4) is 0 Å². The zero-order chi connectivity index (χ0) is 23.9. The van der Waals surface area contributed by atoms with E-state index in [1.807, 2.05) is 0 Å². The van der Waals surface area contributed by atoms with Crippen molar-refractivity contribution in [3.8, 4) is 5.75 Å². The fourth-order valence-corrected chi connectivity index (χ4v) is 5.36. The van der Waals surface area contributed by atoms with Gasteiger partial charge in [0.1, 0.15) is 5.75 Å². The molecule has 4 rings (SSSR count). The summed E-state index contributed by atoms with van der Waals surface area (Å²) >= 11 is 1.18. The second-order valence-electron chi connectivity index (χ2n) is 7.21. The van der Waals surface area contributed by atoms with Gasteiger partial charge in [0.15, 0.2) is 16.3 Å². The van der Waals surface area contributed by atoms with Gasteiger partial charge in [0.25, 0.3) is 15.6 Å². The van der Waals surface area contributed by atoms with Crippen molar-refractivity contribution >= 4 is 38.6 Å². The van der Waals surface area contributed by atoms with Gasteiger partial charge in [0.2, 0.25) is 0 Å². The number of nitrogens with zero attached hydrogens (tertiary/aromatic N) is 4. The van der Waals surface area contributed by atoms with Crippen LogP contribution in [0.25, 0.3) is 11.2 Å². The van der Waals surface area contributed by atoms with Gasteiger partial charge in [-0.25, -0.2) is 18.2 Å². The summed E-state index contributed by atoms with van der Waals surface area (Å²) in [6, 6.07) is 12.9. The second-order valence-corrected chi connectivity index (χ2v) is 9.90. The third-order valence-electron chi connectivity index (χ3n) is 5.14. The van der Waals surface area contributed by atoms with Crippen LogP contribution in [0, 0.1) is 0 Å². The minimum atomic E-state index is -3.86. The molecule has 0 aliphatic carbocycles. The van der Waals surface area contributed by atoms with Crippen LogP contribution in [0.5, 0.6) is 5.75 Å². The van der Waals surface area contributed by atoms with E-state index in [4.69, 9.17) is 4.74 Å². The van der Waals surface area contributed by atoms with E-state index in [2.05, 4.69) is 9.71 Å². The molecule has 2 aromatic carbocycles. The van der Waals surface area contributed by atoms with Crippen molar-refractivity contribution in [1.82, 2.24) is 18.7 Å². The Morgan fingerprint density at radius 3 is 2.27 bits per heavy atom. The molecule has 0 atom stereocenters. The number of aryl methyl sites for hydroxylation is 2. The van der Waals surface area contributed by atoms with Crippen molar-refractivity contribution in [2.75, 3.05) is 11.8 Å². The topological polar surface area (TPSA) is 117 Å². The summed E-state index contributed by atoms with van der Waals surface area (Å²) in [7, 11) is 2.27. The molecule has 0 saturated heterocycles. The number of anilines is 1. The van der Waals surface area contributed by atoms with E-state index in [1.54, 1.807) is 55.1 Å². The molecule has 2 aromatic heterocycles. The average molecular weight is 488 g/mol. The first kappa shape index (κ1) is 22.7. The molecular formula is C21H21N5O5S2. The van der Waals surface area contributed by atoms with E-state index in [9.17, 15) is 18.0 Å². The Labute approximate surface area is 193 Å². The van der Waals surface area contributed by atoms with Gasteiger partial charge in [0, 0.05) is 26.0 Å². The van der Waals surface area contributed by atoms with E-state index in [0.29, 0.717) is 21.5 Å². The van der Waals surface area contributed by atoms with Crippen LogP contribution >= 0.6 is 11.8 Å². The minimum absolute atomic E-state index is 0.0873. The number of para-hydroxylation sites is 1. The van der Waals surface area contributed by atoms with Gasteiger partial charge in [-0.1, -0.05) is 12.1 Å². The van der Waals surface area contributed by atoms with Crippen LogP contribution in [-0.2, 0) is 31.2 Å². The fourth-order valence-electron chi connectivity index (χ4n) is 3.29. The highest BCUT2D eigenvalue weighted by Crippen LogP contribution is 2.34. The molecular weight excluding hydrogens is 466 g/mol. The Morgan fingerprint density at radius 1 is 0.939 bits per heavy atom. The summed E-state index contributed by atoms with van der Waals surface area (Å²) in [5, 5.41) is 0.430. The number of nitrogens with one attached hydrogen (secondary N) is 1. The maximum Gasteiger partial charge on any atom is 0.332 e. The summed E-state index contributed by atoms with van der Waals surface area (Å²) in [5.74, 6) is 0.548. The number of aromatic nitrogens is 4. The van der Waals surface area contributed by atoms with Gasteiger partial charge in [-0.15, -0.1) is 0 Å². The largest absolute Gasteiger partial charge is 0.497 e. The van der Waals surface area contributed by atoms with Crippen molar-refractivity contribution in [3.63, 3.8) is 0 Å². The van der Waals surface area contributed by atoms with E-state index in [1.165, 1.54) is 42.6 Å². The highest BCUT2D eigenvalue weighted by Gasteiger charge is 2.20. The summed E-state index contributed by atoms with van der Waals surface area (Å²) in [5.41, 5.74) is -0.0480. The van der Waals surface area contributed by atoms with Crippen LogP contribution in [0.15, 0.2) is 73.1 Å². The molecule has 0 aliphatic heterocycles. The summed E-state index contributed by atoms with van der Waals surface area (Å²) in [4.78, 5) is 30.0. The van der Waals surface area contributed by atoms with Crippen LogP contribution < -0.4 is 20.7 Å². The number of imidazole rings is 1. The molecule has 2 heterocycles. The Hall–Kier alpha value is -3.51. The van der Waals surface area contributed by atoms with Gasteiger partial charge in [-0.3, -0.25) is 18.7 Å². The van der Waals surface area contributed by atoms with Crippen molar-refractivity contribution in [3.05, 3.63) is 69.4 Å². The quantitative estimate of drug-likeness (QED) is 0.442. The predicted molar refractivity (Wildman–Crippen MR) is 126 cm³/mol.